The van der Waals surface area contributed by atoms with Crippen molar-refractivity contribution in [2.24, 2.45) is 5.92 Å². The maximum Gasteiger partial charge on any atom is 0.223 e. The number of aryl methyl sites for hydroxylation is 2. The Morgan fingerprint density at radius 3 is 2.72 bits per heavy atom. The first-order valence-electron chi connectivity index (χ1n) is 10.6. The van der Waals surface area contributed by atoms with Crippen LogP contribution in [0.25, 0.3) is 0 Å². The molecule has 0 spiro atoms. The summed E-state index contributed by atoms with van der Waals surface area (Å²) in [6.07, 6.45) is 5.13. The first kappa shape index (κ1) is 20.4. The Balaban J connectivity index is 1.30. The minimum Gasteiger partial charge on any atom is -0.349 e. The minimum absolute atomic E-state index is 0.0132. The molecular formula is C24H28ClFN2O. The number of likely N-dealkylation sites (tertiary alicyclic amines) is 1. The van der Waals surface area contributed by atoms with Crippen LogP contribution in [0, 0.1) is 11.7 Å². The van der Waals surface area contributed by atoms with Crippen molar-refractivity contribution in [3.63, 3.8) is 0 Å². The van der Waals surface area contributed by atoms with Crippen LogP contribution < -0.4 is 5.32 Å². The number of carbonyl (C=O) groups is 1. The molecule has 0 unspecified atom stereocenters. The number of carbonyl (C=O) groups excluding carboxylic acids is 1. The Bertz CT molecular complexity index is 872. The number of nitrogens with one attached hydrogen (secondary N) is 1. The molecule has 1 amide bonds. The van der Waals surface area contributed by atoms with Crippen LogP contribution in [-0.2, 0) is 24.2 Å². The third-order valence-electron chi connectivity index (χ3n) is 6.38. The van der Waals surface area contributed by atoms with Crippen molar-refractivity contribution in [3.8, 4) is 0 Å². The summed E-state index contributed by atoms with van der Waals surface area (Å²) < 4.78 is 14.0. The summed E-state index contributed by atoms with van der Waals surface area (Å²) in [5.41, 5.74) is 4.62. The fourth-order valence-corrected chi connectivity index (χ4v) is 4.76. The van der Waals surface area contributed by atoms with E-state index in [1.807, 2.05) is 0 Å². The minimum atomic E-state index is -0.263. The van der Waals surface area contributed by atoms with E-state index >= 15 is 0 Å². The molecular weight excluding hydrogens is 387 g/mol. The zero-order chi connectivity index (χ0) is 20.4. The van der Waals surface area contributed by atoms with Crippen LogP contribution in [0.5, 0.6) is 0 Å². The topological polar surface area (TPSA) is 32.3 Å². The van der Waals surface area contributed by atoms with Crippen molar-refractivity contribution in [3.05, 3.63) is 69.5 Å². The molecule has 154 valence electrons. The van der Waals surface area contributed by atoms with Crippen LogP contribution in [-0.4, -0.2) is 23.9 Å². The summed E-state index contributed by atoms with van der Waals surface area (Å²) in [6, 6.07) is 11.4. The molecule has 0 bridgehead atoms. The zero-order valence-electron chi connectivity index (χ0n) is 16.9. The quantitative estimate of drug-likeness (QED) is 0.741. The first-order valence-corrected chi connectivity index (χ1v) is 11.0. The van der Waals surface area contributed by atoms with Gasteiger partial charge in [0, 0.05) is 23.0 Å². The number of hydrogen-bond donors (Lipinski definition) is 1. The molecule has 0 aromatic heterocycles. The lowest BCUT2D eigenvalue weighted by Gasteiger charge is -2.32. The van der Waals surface area contributed by atoms with Crippen molar-refractivity contribution in [1.29, 1.82) is 0 Å². The number of rotatable bonds is 5. The highest BCUT2D eigenvalue weighted by Crippen LogP contribution is 2.27. The lowest BCUT2D eigenvalue weighted by Crippen LogP contribution is -2.41. The van der Waals surface area contributed by atoms with E-state index in [0.717, 1.165) is 32.4 Å². The summed E-state index contributed by atoms with van der Waals surface area (Å²) in [5.74, 6) is -0.124. The van der Waals surface area contributed by atoms with Crippen molar-refractivity contribution in [1.82, 2.24) is 10.2 Å². The second-order valence-corrected chi connectivity index (χ2v) is 8.77. The van der Waals surface area contributed by atoms with E-state index in [1.54, 1.807) is 12.1 Å². The van der Waals surface area contributed by atoms with E-state index in [2.05, 4.69) is 35.3 Å². The van der Waals surface area contributed by atoms with Crippen LogP contribution in [0.15, 0.2) is 36.4 Å². The van der Waals surface area contributed by atoms with Gasteiger partial charge in [0.25, 0.3) is 0 Å². The third kappa shape index (κ3) is 4.65. The average Bonchev–Trinajstić information content (AvgIpc) is 3.19. The van der Waals surface area contributed by atoms with Crippen molar-refractivity contribution in [2.75, 3.05) is 13.1 Å². The lowest BCUT2D eigenvalue weighted by molar-refractivity contribution is -0.127. The van der Waals surface area contributed by atoms with Gasteiger partial charge in [-0.25, -0.2) is 4.39 Å². The molecule has 1 N–H and O–H groups in total. The van der Waals surface area contributed by atoms with E-state index in [0.29, 0.717) is 17.1 Å². The highest BCUT2D eigenvalue weighted by molar-refractivity contribution is 6.31. The third-order valence-corrected chi connectivity index (χ3v) is 6.74. The predicted molar refractivity (Wildman–Crippen MR) is 114 cm³/mol. The van der Waals surface area contributed by atoms with Gasteiger partial charge in [0.05, 0.1) is 6.04 Å². The molecule has 1 heterocycles. The second kappa shape index (κ2) is 8.85. The molecule has 1 aliphatic carbocycles. The summed E-state index contributed by atoms with van der Waals surface area (Å²) in [4.78, 5) is 15.0. The Morgan fingerprint density at radius 2 is 1.97 bits per heavy atom. The van der Waals surface area contributed by atoms with Gasteiger partial charge >= 0.3 is 0 Å². The summed E-state index contributed by atoms with van der Waals surface area (Å²) in [6.45, 7) is 4.10. The van der Waals surface area contributed by atoms with Gasteiger partial charge in [0.2, 0.25) is 5.91 Å². The normalized spacial score (nSPS) is 18.4. The van der Waals surface area contributed by atoms with Gasteiger partial charge < -0.3 is 5.32 Å². The number of fused-ring (bicyclic) bond motifs is 1. The summed E-state index contributed by atoms with van der Waals surface area (Å²) in [5, 5.41) is 3.67. The van der Waals surface area contributed by atoms with Crippen LogP contribution in [0.4, 0.5) is 4.39 Å². The van der Waals surface area contributed by atoms with Crippen molar-refractivity contribution in [2.45, 2.75) is 51.6 Å². The molecule has 29 heavy (non-hydrogen) atoms. The van der Waals surface area contributed by atoms with Gasteiger partial charge in [-0.05, 0) is 80.9 Å². The number of hydrogen-bond acceptors (Lipinski definition) is 2. The summed E-state index contributed by atoms with van der Waals surface area (Å²) >= 11 is 6.15. The Kier molecular flexibility index (Phi) is 6.21. The largest absolute Gasteiger partial charge is 0.349 e. The predicted octanol–water partition coefficient (Wildman–Crippen LogP) is 5.06. The van der Waals surface area contributed by atoms with E-state index in [1.165, 1.54) is 35.6 Å². The highest BCUT2D eigenvalue weighted by atomic mass is 35.5. The first-order chi connectivity index (χ1) is 14.0. The number of piperidine rings is 1. The number of benzene rings is 2. The molecule has 5 heteroatoms. The standard InChI is InChI=1S/C24H28ClFN2O/c1-16(19-9-8-17-4-2-5-20(17)14-19)27-24(29)18-10-12-28(13-11-18)15-21-22(25)6-3-7-23(21)26/h3,6-9,14,16,18H,2,4-5,10-13,15H2,1H3,(H,27,29)/t16-/m0/s1. The van der Waals surface area contributed by atoms with Crippen LogP contribution in [0.2, 0.25) is 5.02 Å². The molecule has 0 saturated carbocycles. The fraction of sp³-hybridized carbons (Fsp3) is 0.458. The maximum absolute atomic E-state index is 14.0. The van der Waals surface area contributed by atoms with Crippen LogP contribution >= 0.6 is 11.6 Å². The molecule has 4 rings (SSSR count). The van der Waals surface area contributed by atoms with Crippen LogP contribution in [0.3, 0.4) is 0 Å². The molecule has 1 aliphatic heterocycles. The second-order valence-electron chi connectivity index (χ2n) is 8.36. The fourth-order valence-electron chi connectivity index (χ4n) is 4.54. The Labute approximate surface area is 177 Å². The van der Waals surface area contributed by atoms with Gasteiger partial charge in [-0.2, -0.15) is 0 Å². The Morgan fingerprint density at radius 1 is 1.21 bits per heavy atom. The average molecular weight is 415 g/mol. The molecule has 2 aromatic rings. The smallest absolute Gasteiger partial charge is 0.223 e. The van der Waals surface area contributed by atoms with Crippen molar-refractivity contribution >= 4 is 17.5 Å². The summed E-state index contributed by atoms with van der Waals surface area (Å²) in [7, 11) is 0. The SMILES string of the molecule is C[C@H](NC(=O)C1CCN(Cc2c(F)cccc2Cl)CC1)c1ccc2c(c1)CCC2. The van der Waals surface area contributed by atoms with E-state index in [-0.39, 0.29) is 23.7 Å². The van der Waals surface area contributed by atoms with Gasteiger partial charge in [0.1, 0.15) is 5.82 Å². The van der Waals surface area contributed by atoms with Gasteiger partial charge in [-0.15, -0.1) is 0 Å². The van der Waals surface area contributed by atoms with Gasteiger partial charge in [-0.1, -0.05) is 35.9 Å². The van der Waals surface area contributed by atoms with Gasteiger partial charge in [0.15, 0.2) is 0 Å². The van der Waals surface area contributed by atoms with Gasteiger partial charge in [-0.3, -0.25) is 9.69 Å². The molecule has 3 nitrogen and oxygen atoms in total. The number of halogens is 2. The maximum atomic E-state index is 14.0. The molecule has 2 aromatic carbocycles. The van der Waals surface area contributed by atoms with E-state index in [4.69, 9.17) is 11.6 Å². The molecule has 1 fully saturated rings. The number of amides is 1. The Hall–Kier alpha value is -1.91. The monoisotopic (exact) mass is 414 g/mol. The zero-order valence-corrected chi connectivity index (χ0v) is 17.6. The molecule has 1 atom stereocenters. The van der Waals surface area contributed by atoms with E-state index in [9.17, 15) is 9.18 Å². The molecule has 2 aliphatic rings. The number of nitrogens with zero attached hydrogens (tertiary/aromatic N) is 1. The van der Waals surface area contributed by atoms with E-state index < -0.39 is 0 Å². The van der Waals surface area contributed by atoms with Crippen molar-refractivity contribution < 1.29 is 9.18 Å². The molecule has 0 radical (unpaired) electrons. The molecule has 1 saturated heterocycles. The lowest BCUT2D eigenvalue weighted by atomic mass is 9.94. The van der Waals surface area contributed by atoms with Crippen LogP contribution in [0.1, 0.15) is 54.5 Å². The highest BCUT2D eigenvalue weighted by Gasteiger charge is 2.27.